The van der Waals surface area contributed by atoms with Gasteiger partial charge in [-0.05, 0) is 49.4 Å². The molecule has 0 rings (SSSR count). The second-order valence-corrected chi connectivity index (χ2v) is 31.6. The summed E-state index contributed by atoms with van der Waals surface area (Å²) >= 11 is 0. The quantitative estimate of drug-likeness (QED) is 0.0222. The molecule has 0 saturated carbocycles. The average molecular weight is 1380 g/mol. The molecule has 6 atom stereocenters. The normalized spacial score (nSPS) is 14.4. The zero-order valence-electron chi connectivity index (χ0n) is 61.6. The van der Waals surface area contributed by atoms with Gasteiger partial charge in [0.1, 0.15) is 19.3 Å². The topological polar surface area (TPSA) is 237 Å². The van der Waals surface area contributed by atoms with Crippen LogP contribution in [-0.2, 0) is 65.4 Å². The predicted octanol–water partition coefficient (Wildman–Crippen LogP) is 21.7. The number of aliphatic hydroxyl groups excluding tert-OH is 1. The minimum atomic E-state index is -4.96. The van der Waals surface area contributed by atoms with Crippen molar-refractivity contribution < 1.29 is 80.2 Å². The van der Waals surface area contributed by atoms with E-state index in [-0.39, 0.29) is 25.7 Å². The zero-order valence-corrected chi connectivity index (χ0v) is 63.4. The molecule has 0 spiro atoms. The van der Waals surface area contributed by atoms with Gasteiger partial charge in [-0.3, -0.25) is 37.3 Å². The van der Waals surface area contributed by atoms with Crippen LogP contribution in [0.15, 0.2) is 0 Å². The largest absolute Gasteiger partial charge is 0.472 e. The van der Waals surface area contributed by atoms with Crippen molar-refractivity contribution in [2.45, 2.75) is 395 Å². The van der Waals surface area contributed by atoms with Crippen molar-refractivity contribution in [2.24, 2.45) is 23.7 Å². The van der Waals surface area contributed by atoms with Crippen LogP contribution in [0.5, 0.6) is 0 Å². The zero-order chi connectivity index (χ0) is 69.6. The van der Waals surface area contributed by atoms with E-state index >= 15 is 0 Å². The third-order valence-corrected chi connectivity index (χ3v) is 19.6. The summed E-state index contributed by atoms with van der Waals surface area (Å²) in [5, 5.41) is 10.6. The number of unbranched alkanes of at least 4 members (excludes halogenated alkanes) is 37. The molecule has 0 amide bonds. The molecule has 0 bridgehead atoms. The Kier molecular flexibility index (Phi) is 63.1. The van der Waals surface area contributed by atoms with Gasteiger partial charge in [-0.1, -0.05) is 325 Å². The molecule has 3 N–H and O–H groups in total. The number of hydrogen-bond acceptors (Lipinski definition) is 15. The molecule has 3 unspecified atom stereocenters. The predicted molar refractivity (Wildman–Crippen MR) is 381 cm³/mol. The van der Waals surface area contributed by atoms with Crippen molar-refractivity contribution in [1.82, 2.24) is 0 Å². The summed E-state index contributed by atoms with van der Waals surface area (Å²) in [5.74, 6) is 0.926. The van der Waals surface area contributed by atoms with E-state index in [1.54, 1.807) is 0 Å². The van der Waals surface area contributed by atoms with E-state index in [4.69, 9.17) is 37.0 Å². The Bertz CT molecular complexity index is 1850. The monoisotopic (exact) mass is 1380 g/mol. The van der Waals surface area contributed by atoms with Crippen LogP contribution in [0.1, 0.15) is 376 Å². The molecule has 0 aliphatic carbocycles. The van der Waals surface area contributed by atoms with Crippen LogP contribution < -0.4 is 0 Å². The van der Waals surface area contributed by atoms with Gasteiger partial charge in [0.05, 0.1) is 26.4 Å². The van der Waals surface area contributed by atoms with Crippen LogP contribution in [0.3, 0.4) is 0 Å². The van der Waals surface area contributed by atoms with Crippen LogP contribution in [0, 0.1) is 23.7 Å². The third kappa shape index (κ3) is 67.3. The highest BCUT2D eigenvalue weighted by Crippen LogP contribution is 2.45. The Labute approximate surface area is 575 Å². The number of carbonyl (C=O) groups is 4. The summed E-state index contributed by atoms with van der Waals surface area (Å²) in [6.45, 7) is 14.2. The van der Waals surface area contributed by atoms with E-state index in [0.29, 0.717) is 31.6 Å². The lowest BCUT2D eigenvalue weighted by Crippen LogP contribution is -2.30. The highest BCUT2D eigenvalue weighted by Gasteiger charge is 2.30. The van der Waals surface area contributed by atoms with Gasteiger partial charge < -0.3 is 33.8 Å². The molecule has 0 aromatic rings. The molecule has 558 valence electrons. The maximum atomic E-state index is 13.1. The van der Waals surface area contributed by atoms with Gasteiger partial charge in [0.25, 0.3) is 0 Å². The standard InChI is InChI=1S/C75H146O17P2/c1-9-68(8)54-46-38-29-23-19-20-24-30-39-47-55-72(77)85-61-70(91-74(79)57-49-41-31-25-17-13-11-10-12-15-21-27-35-43-51-65(2)3)63-89-93(81,82)87-59-69(76)60-88-94(83,84)90-64-71(62-86-73(78)56-48-40-34-33-37-45-53-67(6)7)92-75(80)58-50-42-32-26-18-14-16-22-28-36-44-52-66(4)5/h65-71,76H,9-64H2,1-8H3,(H,81,82)(H,83,84)/t68?,69-,70-,71-/m1/s1. The van der Waals surface area contributed by atoms with E-state index in [2.05, 4.69) is 55.4 Å². The van der Waals surface area contributed by atoms with Crippen molar-refractivity contribution >= 4 is 39.5 Å². The molecular weight excluding hydrogens is 1230 g/mol. The van der Waals surface area contributed by atoms with E-state index in [1.807, 2.05) is 0 Å². The number of phosphoric ester groups is 2. The molecule has 0 radical (unpaired) electrons. The number of hydrogen-bond donors (Lipinski definition) is 3. The van der Waals surface area contributed by atoms with Gasteiger partial charge >= 0.3 is 39.5 Å². The number of aliphatic hydroxyl groups is 1. The molecule has 0 heterocycles. The molecule has 0 fully saturated rings. The van der Waals surface area contributed by atoms with E-state index < -0.39 is 97.5 Å². The Morgan fingerprint density at radius 1 is 0.298 bits per heavy atom. The first kappa shape index (κ1) is 92.1. The fraction of sp³-hybridized carbons (Fsp3) is 0.947. The van der Waals surface area contributed by atoms with Gasteiger partial charge in [0, 0.05) is 25.7 Å². The first-order valence-corrected chi connectivity index (χ1v) is 41.7. The number of carbonyl (C=O) groups excluding carboxylic acids is 4. The van der Waals surface area contributed by atoms with Crippen LogP contribution in [-0.4, -0.2) is 96.7 Å². The Morgan fingerprint density at radius 2 is 0.511 bits per heavy atom. The Morgan fingerprint density at radius 3 is 0.755 bits per heavy atom. The summed E-state index contributed by atoms with van der Waals surface area (Å²) in [4.78, 5) is 72.8. The molecule has 19 heteroatoms. The molecule has 17 nitrogen and oxygen atoms in total. The van der Waals surface area contributed by atoms with Gasteiger partial charge in [-0.2, -0.15) is 0 Å². The van der Waals surface area contributed by atoms with Crippen molar-refractivity contribution in [3.8, 4) is 0 Å². The number of phosphoric acid groups is 2. The maximum Gasteiger partial charge on any atom is 0.472 e. The van der Waals surface area contributed by atoms with Gasteiger partial charge in [-0.25, -0.2) is 9.13 Å². The summed E-state index contributed by atoms with van der Waals surface area (Å²) in [5.41, 5.74) is 0. The molecule has 0 aliphatic heterocycles. The molecule has 0 aromatic heterocycles. The minimum Gasteiger partial charge on any atom is -0.462 e. The second kappa shape index (κ2) is 64.4. The Hall–Kier alpha value is -1.94. The van der Waals surface area contributed by atoms with Crippen molar-refractivity contribution in [2.75, 3.05) is 39.6 Å². The fourth-order valence-corrected chi connectivity index (χ4v) is 12.9. The third-order valence-electron chi connectivity index (χ3n) is 17.7. The van der Waals surface area contributed by atoms with Gasteiger partial charge in [0.15, 0.2) is 12.2 Å². The van der Waals surface area contributed by atoms with E-state index in [0.717, 1.165) is 114 Å². The Balaban J connectivity index is 5.25. The van der Waals surface area contributed by atoms with E-state index in [9.17, 15) is 43.2 Å². The highest BCUT2D eigenvalue weighted by atomic mass is 31.2. The first-order chi connectivity index (χ1) is 45.1. The molecule has 0 aliphatic rings. The summed E-state index contributed by atoms with van der Waals surface area (Å²) in [6, 6.07) is 0. The summed E-state index contributed by atoms with van der Waals surface area (Å²) in [7, 11) is -9.91. The van der Waals surface area contributed by atoms with Crippen molar-refractivity contribution in [3.05, 3.63) is 0 Å². The minimum absolute atomic E-state index is 0.105. The summed E-state index contributed by atoms with van der Waals surface area (Å²) in [6.07, 6.45) is 48.6. The van der Waals surface area contributed by atoms with Gasteiger partial charge in [0.2, 0.25) is 0 Å². The van der Waals surface area contributed by atoms with Crippen LogP contribution in [0.25, 0.3) is 0 Å². The van der Waals surface area contributed by atoms with Crippen LogP contribution >= 0.6 is 15.6 Å². The number of esters is 4. The number of rotatable bonds is 72. The summed E-state index contributed by atoms with van der Waals surface area (Å²) < 4.78 is 68.5. The highest BCUT2D eigenvalue weighted by molar-refractivity contribution is 7.47. The van der Waals surface area contributed by atoms with Crippen molar-refractivity contribution in [1.29, 1.82) is 0 Å². The van der Waals surface area contributed by atoms with Crippen LogP contribution in [0.4, 0.5) is 0 Å². The van der Waals surface area contributed by atoms with E-state index in [1.165, 1.54) is 173 Å². The molecular formula is C75H146O17P2. The first-order valence-electron chi connectivity index (χ1n) is 38.7. The fourth-order valence-electron chi connectivity index (χ4n) is 11.3. The lowest BCUT2D eigenvalue weighted by molar-refractivity contribution is -0.161. The van der Waals surface area contributed by atoms with Crippen molar-refractivity contribution in [3.63, 3.8) is 0 Å². The molecule has 0 aromatic carbocycles. The van der Waals surface area contributed by atoms with Gasteiger partial charge in [-0.15, -0.1) is 0 Å². The average Bonchev–Trinajstić information content (AvgIpc) is 1.39. The second-order valence-electron chi connectivity index (χ2n) is 28.7. The lowest BCUT2D eigenvalue weighted by Gasteiger charge is -2.21. The number of ether oxygens (including phenoxy) is 4. The van der Waals surface area contributed by atoms with Crippen LogP contribution in [0.2, 0.25) is 0 Å². The molecule has 94 heavy (non-hydrogen) atoms. The lowest BCUT2D eigenvalue weighted by atomic mass is 9.99. The molecule has 0 saturated heterocycles. The maximum absolute atomic E-state index is 13.1. The SMILES string of the molecule is CCC(C)CCCCCCCCCCCCC(=O)OC[C@H](COP(=O)(O)OC[C@@H](O)COP(=O)(O)OC[C@@H](COC(=O)CCCCCCCCC(C)C)OC(=O)CCCCCCCCCCCCCC(C)C)OC(=O)CCCCCCCCCCCCCCCCC(C)C. The smallest absolute Gasteiger partial charge is 0.462 e.